The average Bonchev–Trinajstić information content (AvgIpc) is 2.72. The monoisotopic (exact) mass is 404 g/mol. The van der Waals surface area contributed by atoms with Crippen molar-refractivity contribution < 1.29 is 14.6 Å². The molecular formula is C26H44O3. The van der Waals surface area contributed by atoms with Crippen LogP contribution in [0.2, 0.25) is 0 Å². The van der Waals surface area contributed by atoms with E-state index in [-0.39, 0.29) is 5.97 Å². The summed E-state index contributed by atoms with van der Waals surface area (Å²) in [6, 6.07) is 3.97. The minimum Gasteiger partial charge on any atom is -0.507 e. The summed E-state index contributed by atoms with van der Waals surface area (Å²) in [7, 11) is 0. The van der Waals surface area contributed by atoms with Gasteiger partial charge in [0.15, 0.2) is 0 Å². The van der Waals surface area contributed by atoms with Gasteiger partial charge in [-0.2, -0.15) is 0 Å². The van der Waals surface area contributed by atoms with Gasteiger partial charge >= 0.3 is 5.97 Å². The average molecular weight is 405 g/mol. The van der Waals surface area contributed by atoms with Crippen molar-refractivity contribution in [3.8, 4) is 5.75 Å². The van der Waals surface area contributed by atoms with Crippen LogP contribution in [-0.2, 0) is 22.4 Å². The molecule has 3 heteroatoms. The lowest BCUT2D eigenvalue weighted by molar-refractivity contribution is -0.143. The smallest absolute Gasteiger partial charge is 0.306 e. The van der Waals surface area contributed by atoms with E-state index in [1.807, 2.05) is 26.0 Å². The molecule has 0 spiro atoms. The summed E-state index contributed by atoms with van der Waals surface area (Å²) < 4.78 is 5.38. The first-order valence-electron chi connectivity index (χ1n) is 12.1. The molecule has 0 bridgehead atoms. The number of phenolic OH excluding ortho intramolecular Hbond substituents is 1. The zero-order valence-electron chi connectivity index (χ0n) is 19.2. The van der Waals surface area contributed by atoms with E-state index in [0.717, 1.165) is 36.0 Å². The maximum Gasteiger partial charge on any atom is 0.306 e. The van der Waals surface area contributed by atoms with E-state index in [1.165, 1.54) is 64.2 Å². The highest BCUT2D eigenvalue weighted by Gasteiger charge is 2.08. The molecule has 0 saturated heterocycles. The number of aromatic hydroxyl groups is 1. The van der Waals surface area contributed by atoms with Crippen molar-refractivity contribution in [2.24, 2.45) is 0 Å². The van der Waals surface area contributed by atoms with Crippen LogP contribution in [0.4, 0.5) is 0 Å². The van der Waals surface area contributed by atoms with Gasteiger partial charge in [-0.05, 0) is 42.9 Å². The number of hydrogen-bond acceptors (Lipinski definition) is 3. The topological polar surface area (TPSA) is 46.5 Å². The Balaban J connectivity index is 1.99. The number of carbonyl (C=O) groups is 1. The van der Waals surface area contributed by atoms with Crippen molar-refractivity contribution in [3.05, 3.63) is 28.8 Å². The number of carbonyl (C=O) groups excluding carboxylic acids is 1. The molecule has 0 aliphatic heterocycles. The number of aryl methyl sites for hydroxylation is 3. The van der Waals surface area contributed by atoms with Crippen LogP contribution in [-0.4, -0.2) is 17.7 Å². The minimum atomic E-state index is -0.114. The third kappa shape index (κ3) is 11.9. The van der Waals surface area contributed by atoms with Crippen LogP contribution in [0.1, 0.15) is 114 Å². The van der Waals surface area contributed by atoms with E-state index >= 15 is 0 Å². The third-order valence-electron chi connectivity index (χ3n) is 5.70. The minimum absolute atomic E-state index is 0.114. The quantitative estimate of drug-likeness (QED) is 0.217. The van der Waals surface area contributed by atoms with Crippen molar-refractivity contribution >= 4 is 5.97 Å². The van der Waals surface area contributed by atoms with Gasteiger partial charge in [0.05, 0.1) is 6.61 Å². The lowest BCUT2D eigenvalue weighted by atomic mass is 10.0. The fourth-order valence-corrected chi connectivity index (χ4v) is 3.79. The molecule has 0 aliphatic carbocycles. The highest BCUT2D eigenvalue weighted by molar-refractivity contribution is 5.69. The Hall–Kier alpha value is -1.51. The van der Waals surface area contributed by atoms with Crippen molar-refractivity contribution in [3.63, 3.8) is 0 Å². The first-order chi connectivity index (χ1) is 14.1. The number of hydrogen-bond donors (Lipinski definition) is 1. The summed E-state index contributed by atoms with van der Waals surface area (Å²) in [5.74, 6) is 0.266. The molecule has 0 aliphatic rings. The molecule has 0 radical (unpaired) electrons. The van der Waals surface area contributed by atoms with E-state index in [2.05, 4.69) is 6.92 Å². The molecule has 0 saturated carbocycles. The first kappa shape index (κ1) is 25.5. The van der Waals surface area contributed by atoms with Crippen LogP contribution >= 0.6 is 0 Å². The van der Waals surface area contributed by atoms with Crippen molar-refractivity contribution in [2.75, 3.05) is 6.61 Å². The molecule has 1 N–H and O–H groups in total. The second kappa shape index (κ2) is 16.3. The molecule has 166 valence electrons. The van der Waals surface area contributed by atoms with Crippen molar-refractivity contribution in [2.45, 2.75) is 117 Å². The molecule has 0 heterocycles. The van der Waals surface area contributed by atoms with Gasteiger partial charge in [-0.15, -0.1) is 0 Å². The van der Waals surface area contributed by atoms with Gasteiger partial charge in [0.25, 0.3) is 0 Å². The molecule has 29 heavy (non-hydrogen) atoms. The summed E-state index contributed by atoms with van der Waals surface area (Å²) in [4.78, 5) is 12.0. The van der Waals surface area contributed by atoms with Gasteiger partial charge in [0, 0.05) is 6.42 Å². The number of rotatable bonds is 17. The fourth-order valence-electron chi connectivity index (χ4n) is 3.79. The van der Waals surface area contributed by atoms with Gasteiger partial charge in [-0.3, -0.25) is 4.79 Å². The van der Waals surface area contributed by atoms with E-state index in [0.29, 0.717) is 25.2 Å². The second-order valence-electron chi connectivity index (χ2n) is 8.38. The first-order valence-corrected chi connectivity index (χ1v) is 12.1. The number of ether oxygens (including phenoxy) is 1. The highest BCUT2D eigenvalue weighted by atomic mass is 16.5. The lowest BCUT2D eigenvalue weighted by Crippen LogP contribution is -2.07. The highest BCUT2D eigenvalue weighted by Crippen LogP contribution is 2.25. The number of benzene rings is 1. The standard InChI is InChI=1S/C26H44O3/c1-4-6-7-8-9-10-11-12-13-14-15-16-19-29-25(27)18-17-23-20-22(3)26(28)24(5-2)21-23/h20-21,28H,4-19H2,1-3H3. The van der Waals surface area contributed by atoms with Crippen molar-refractivity contribution in [1.82, 2.24) is 0 Å². The van der Waals surface area contributed by atoms with Gasteiger partial charge in [-0.1, -0.05) is 96.6 Å². The van der Waals surface area contributed by atoms with Gasteiger partial charge in [0.1, 0.15) is 5.75 Å². The second-order valence-corrected chi connectivity index (χ2v) is 8.38. The Bertz CT molecular complexity index is 565. The van der Waals surface area contributed by atoms with Crippen LogP contribution in [0, 0.1) is 6.92 Å². The summed E-state index contributed by atoms with van der Waals surface area (Å²) >= 11 is 0. The maximum absolute atomic E-state index is 12.0. The van der Waals surface area contributed by atoms with Crippen LogP contribution in [0.3, 0.4) is 0 Å². The Morgan fingerprint density at radius 3 is 1.97 bits per heavy atom. The number of phenols is 1. The predicted molar refractivity (Wildman–Crippen MR) is 123 cm³/mol. The van der Waals surface area contributed by atoms with E-state index in [9.17, 15) is 9.90 Å². The van der Waals surface area contributed by atoms with E-state index < -0.39 is 0 Å². The zero-order valence-corrected chi connectivity index (χ0v) is 19.2. The maximum atomic E-state index is 12.0. The largest absolute Gasteiger partial charge is 0.507 e. The van der Waals surface area contributed by atoms with E-state index in [1.54, 1.807) is 0 Å². The molecule has 0 atom stereocenters. The normalized spacial score (nSPS) is 11.0. The van der Waals surface area contributed by atoms with Crippen LogP contribution in [0.25, 0.3) is 0 Å². The Morgan fingerprint density at radius 2 is 1.41 bits per heavy atom. The van der Waals surface area contributed by atoms with Crippen molar-refractivity contribution in [1.29, 1.82) is 0 Å². The SMILES string of the molecule is CCCCCCCCCCCCCCOC(=O)CCc1cc(C)c(O)c(CC)c1. The molecule has 0 amide bonds. The number of unbranched alkanes of at least 4 members (excludes halogenated alkanes) is 11. The number of esters is 1. The van der Waals surface area contributed by atoms with E-state index in [4.69, 9.17) is 4.74 Å². The summed E-state index contributed by atoms with van der Waals surface area (Å²) in [6.07, 6.45) is 17.6. The molecular weight excluding hydrogens is 360 g/mol. The third-order valence-corrected chi connectivity index (χ3v) is 5.70. The Kier molecular flexibility index (Phi) is 14.4. The summed E-state index contributed by atoms with van der Waals surface area (Å²) in [5.41, 5.74) is 2.92. The fraction of sp³-hybridized carbons (Fsp3) is 0.731. The van der Waals surface area contributed by atoms with Crippen LogP contribution in [0.5, 0.6) is 5.75 Å². The van der Waals surface area contributed by atoms with Gasteiger partial charge in [0.2, 0.25) is 0 Å². The molecule has 1 rings (SSSR count). The molecule has 3 nitrogen and oxygen atoms in total. The summed E-state index contributed by atoms with van der Waals surface area (Å²) in [5, 5.41) is 9.99. The molecule has 1 aromatic carbocycles. The Morgan fingerprint density at radius 1 is 0.862 bits per heavy atom. The lowest BCUT2D eigenvalue weighted by Gasteiger charge is -2.10. The van der Waals surface area contributed by atoms with Gasteiger partial charge < -0.3 is 9.84 Å². The zero-order chi connectivity index (χ0) is 21.3. The predicted octanol–water partition coefficient (Wildman–Crippen LogP) is 7.44. The molecule has 0 fully saturated rings. The molecule has 1 aromatic rings. The Labute approximate surface area is 179 Å². The van der Waals surface area contributed by atoms with Gasteiger partial charge in [-0.25, -0.2) is 0 Å². The molecule has 0 aromatic heterocycles. The van der Waals surface area contributed by atoms with Crippen LogP contribution in [0.15, 0.2) is 12.1 Å². The molecule has 0 unspecified atom stereocenters. The van der Waals surface area contributed by atoms with Crippen LogP contribution < -0.4 is 0 Å². The summed E-state index contributed by atoms with van der Waals surface area (Å²) in [6.45, 7) is 6.75.